The lowest BCUT2D eigenvalue weighted by Crippen LogP contribution is -2.33. The molecule has 1 atom stereocenters. The number of rotatable bonds is 2. The first-order valence-electron chi connectivity index (χ1n) is 4.32. The summed E-state index contributed by atoms with van der Waals surface area (Å²) in [5.74, 6) is -0.400. The first-order valence-corrected chi connectivity index (χ1v) is 4.32. The van der Waals surface area contributed by atoms with E-state index in [2.05, 4.69) is 0 Å². The average molecular weight is 182 g/mol. The van der Waals surface area contributed by atoms with Crippen LogP contribution in [0.1, 0.15) is 25.8 Å². The summed E-state index contributed by atoms with van der Waals surface area (Å²) < 4.78 is 13.1. The third kappa shape index (κ3) is 1.80. The summed E-state index contributed by atoms with van der Waals surface area (Å²) in [5, 5.41) is 0. The molecule has 0 spiro atoms. The molecule has 1 rings (SSSR count). The highest BCUT2D eigenvalue weighted by Crippen LogP contribution is 2.28. The maximum absolute atomic E-state index is 13.1. The topological polar surface area (TPSA) is 52.0 Å². The number of nitrogens with two attached hydrogens (primary N) is 2. The van der Waals surface area contributed by atoms with E-state index >= 15 is 0 Å². The number of hydrogen-bond donors (Lipinski definition) is 2. The first kappa shape index (κ1) is 9.99. The molecule has 0 amide bonds. The van der Waals surface area contributed by atoms with E-state index in [0.717, 1.165) is 6.42 Å². The molecule has 2 nitrogen and oxygen atoms in total. The highest BCUT2D eigenvalue weighted by Gasteiger charge is 2.22. The molecular weight excluding hydrogens is 167 g/mol. The van der Waals surface area contributed by atoms with E-state index < -0.39 is 11.4 Å². The summed E-state index contributed by atoms with van der Waals surface area (Å²) in [6.45, 7) is 3.79. The monoisotopic (exact) mass is 182 g/mol. The molecule has 0 saturated carbocycles. The third-order valence-electron chi connectivity index (χ3n) is 2.40. The number of nitrogen functional groups attached to an aromatic ring is 1. The maximum Gasteiger partial charge on any atom is 0.146 e. The molecule has 0 bridgehead atoms. The van der Waals surface area contributed by atoms with Gasteiger partial charge in [0.05, 0.1) is 5.69 Å². The summed E-state index contributed by atoms with van der Waals surface area (Å²) in [4.78, 5) is 0. The molecule has 13 heavy (non-hydrogen) atoms. The van der Waals surface area contributed by atoms with Crippen LogP contribution in [-0.2, 0) is 5.54 Å². The fourth-order valence-electron chi connectivity index (χ4n) is 1.23. The average Bonchev–Trinajstić information content (AvgIpc) is 2.09. The molecule has 4 N–H and O–H groups in total. The minimum Gasteiger partial charge on any atom is -0.396 e. The predicted molar refractivity (Wildman–Crippen MR) is 52.6 cm³/mol. The Morgan fingerprint density at radius 2 is 2.08 bits per heavy atom. The lowest BCUT2D eigenvalue weighted by molar-refractivity contribution is 0.475. The number of benzene rings is 1. The third-order valence-corrected chi connectivity index (χ3v) is 2.40. The van der Waals surface area contributed by atoms with Gasteiger partial charge in [-0.1, -0.05) is 19.1 Å². The zero-order valence-electron chi connectivity index (χ0n) is 7.97. The smallest absolute Gasteiger partial charge is 0.146 e. The Kier molecular flexibility index (Phi) is 2.57. The van der Waals surface area contributed by atoms with E-state index in [1.807, 2.05) is 13.8 Å². The molecule has 0 saturated heterocycles. The van der Waals surface area contributed by atoms with E-state index in [4.69, 9.17) is 11.5 Å². The van der Waals surface area contributed by atoms with Crippen molar-refractivity contribution < 1.29 is 4.39 Å². The SMILES string of the molecule is CCC(C)(N)c1cccc(F)c1N. The Morgan fingerprint density at radius 1 is 1.46 bits per heavy atom. The number of hydrogen-bond acceptors (Lipinski definition) is 2. The lowest BCUT2D eigenvalue weighted by atomic mass is 9.89. The molecule has 72 valence electrons. The van der Waals surface area contributed by atoms with Gasteiger partial charge in [0.25, 0.3) is 0 Å². The van der Waals surface area contributed by atoms with Gasteiger partial charge in [0, 0.05) is 5.54 Å². The largest absolute Gasteiger partial charge is 0.396 e. The van der Waals surface area contributed by atoms with Crippen molar-refractivity contribution in [1.82, 2.24) is 0 Å². The first-order chi connectivity index (χ1) is 5.99. The molecule has 0 aliphatic rings. The highest BCUT2D eigenvalue weighted by atomic mass is 19.1. The summed E-state index contributed by atoms with van der Waals surface area (Å²) in [6.07, 6.45) is 0.723. The van der Waals surface area contributed by atoms with Gasteiger partial charge in [0.15, 0.2) is 0 Å². The summed E-state index contributed by atoms with van der Waals surface area (Å²) in [7, 11) is 0. The van der Waals surface area contributed by atoms with Crippen molar-refractivity contribution >= 4 is 5.69 Å². The van der Waals surface area contributed by atoms with E-state index in [9.17, 15) is 4.39 Å². The van der Waals surface area contributed by atoms with E-state index in [1.165, 1.54) is 6.07 Å². The summed E-state index contributed by atoms with van der Waals surface area (Å²) in [6, 6.07) is 4.73. The van der Waals surface area contributed by atoms with Gasteiger partial charge in [-0.2, -0.15) is 0 Å². The number of para-hydroxylation sites is 1. The van der Waals surface area contributed by atoms with Crippen molar-refractivity contribution in [3.8, 4) is 0 Å². The van der Waals surface area contributed by atoms with Crippen LogP contribution in [0.4, 0.5) is 10.1 Å². The van der Waals surface area contributed by atoms with Gasteiger partial charge in [-0.05, 0) is 25.0 Å². The van der Waals surface area contributed by atoms with Crippen molar-refractivity contribution in [1.29, 1.82) is 0 Å². The minimum atomic E-state index is -0.549. The van der Waals surface area contributed by atoms with E-state index in [0.29, 0.717) is 5.56 Å². The standard InChI is InChI=1S/C10H15FN2/c1-3-10(2,13)7-5-4-6-8(11)9(7)12/h4-6H,3,12-13H2,1-2H3. The second kappa shape index (κ2) is 3.34. The molecule has 0 aliphatic carbocycles. The zero-order chi connectivity index (χ0) is 10.1. The van der Waals surface area contributed by atoms with Crippen molar-refractivity contribution in [2.24, 2.45) is 5.73 Å². The molecular formula is C10H15FN2. The van der Waals surface area contributed by atoms with Crippen LogP contribution >= 0.6 is 0 Å². The molecule has 1 aromatic rings. The summed E-state index contributed by atoms with van der Waals surface area (Å²) in [5.41, 5.74) is 11.8. The van der Waals surface area contributed by atoms with E-state index in [-0.39, 0.29) is 5.69 Å². The fourth-order valence-corrected chi connectivity index (χ4v) is 1.23. The normalized spacial score (nSPS) is 15.4. The van der Waals surface area contributed by atoms with Crippen LogP contribution in [0.25, 0.3) is 0 Å². The van der Waals surface area contributed by atoms with Crippen LogP contribution in [0.5, 0.6) is 0 Å². The van der Waals surface area contributed by atoms with Crippen LogP contribution in [0.3, 0.4) is 0 Å². The second-order valence-electron chi connectivity index (χ2n) is 3.47. The molecule has 0 fully saturated rings. The fraction of sp³-hybridized carbons (Fsp3) is 0.400. The van der Waals surface area contributed by atoms with Crippen molar-refractivity contribution in [3.63, 3.8) is 0 Å². The van der Waals surface area contributed by atoms with Gasteiger partial charge in [-0.25, -0.2) is 4.39 Å². The molecule has 0 heterocycles. The Hall–Kier alpha value is -1.09. The molecule has 0 aromatic heterocycles. The Balaban J connectivity index is 3.22. The van der Waals surface area contributed by atoms with Crippen LogP contribution in [-0.4, -0.2) is 0 Å². The minimum absolute atomic E-state index is 0.161. The van der Waals surface area contributed by atoms with Gasteiger partial charge >= 0.3 is 0 Å². The molecule has 0 radical (unpaired) electrons. The molecule has 1 aromatic carbocycles. The number of halogens is 1. The molecule has 1 unspecified atom stereocenters. The van der Waals surface area contributed by atoms with Crippen LogP contribution in [0, 0.1) is 5.82 Å². The summed E-state index contributed by atoms with van der Waals surface area (Å²) >= 11 is 0. The Bertz CT molecular complexity index is 308. The van der Waals surface area contributed by atoms with Crippen molar-refractivity contribution in [2.75, 3.05) is 5.73 Å². The van der Waals surface area contributed by atoms with Gasteiger partial charge in [-0.15, -0.1) is 0 Å². The van der Waals surface area contributed by atoms with Gasteiger partial charge < -0.3 is 11.5 Å². The van der Waals surface area contributed by atoms with Crippen molar-refractivity contribution in [3.05, 3.63) is 29.6 Å². The second-order valence-corrected chi connectivity index (χ2v) is 3.47. The quantitative estimate of drug-likeness (QED) is 0.687. The van der Waals surface area contributed by atoms with E-state index in [1.54, 1.807) is 12.1 Å². The zero-order valence-corrected chi connectivity index (χ0v) is 7.97. The van der Waals surface area contributed by atoms with Gasteiger partial charge in [-0.3, -0.25) is 0 Å². The van der Waals surface area contributed by atoms with Crippen molar-refractivity contribution in [2.45, 2.75) is 25.8 Å². The van der Waals surface area contributed by atoms with Crippen LogP contribution in [0.15, 0.2) is 18.2 Å². The van der Waals surface area contributed by atoms with Gasteiger partial charge in [0.2, 0.25) is 0 Å². The number of anilines is 1. The Labute approximate surface area is 77.7 Å². The highest BCUT2D eigenvalue weighted by molar-refractivity contribution is 5.51. The molecule has 3 heteroatoms. The molecule has 0 aliphatic heterocycles. The van der Waals surface area contributed by atoms with Crippen LogP contribution < -0.4 is 11.5 Å². The van der Waals surface area contributed by atoms with Crippen LogP contribution in [0.2, 0.25) is 0 Å². The van der Waals surface area contributed by atoms with Gasteiger partial charge in [0.1, 0.15) is 5.82 Å². The Morgan fingerprint density at radius 3 is 2.62 bits per heavy atom. The predicted octanol–water partition coefficient (Wildman–Crippen LogP) is 1.99. The lowest BCUT2D eigenvalue weighted by Gasteiger charge is -2.24. The maximum atomic E-state index is 13.1.